The zero-order valence-corrected chi connectivity index (χ0v) is 12.2. The molecule has 0 unspecified atom stereocenters. The molecule has 23 heavy (non-hydrogen) atoms. The molecule has 0 saturated heterocycles. The molecule has 0 saturated carbocycles. The van der Waals surface area contributed by atoms with Gasteiger partial charge < -0.3 is 10.1 Å². The summed E-state index contributed by atoms with van der Waals surface area (Å²) in [5, 5.41) is 2.57. The van der Waals surface area contributed by atoms with E-state index in [2.05, 4.69) is 20.0 Å². The molecule has 0 fully saturated rings. The minimum atomic E-state index is -4.38. The minimum absolute atomic E-state index is 0.231. The third-order valence-electron chi connectivity index (χ3n) is 2.79. The Morgan fingerprint density at radius 2 is 2.22 bits per heavy atom. The molecule has 0 aromatic carbocycles. The second-order valence-electron chi connectivity index (χ2n) is 4.88. The number of hydrogen-bond acceptors (Lipinski definition) is 4. The number of alkyl halides is 3. The maximum atomic E-state index is 12.1. The number of hydrogen-bond donors (Lipinski definition) is 1. The number of pyridine rings is 1. The lowest BCUT2D eigenvalue weighted by Crippen LogP contribution is -2.36. The van der Waals surface area contributed by atoms with Crippen LogP contribution in [-0.2, 0) is 4.74 Å². The third-order valence-corrected chi connectivity index (χ3v) is 2.79. The van der Waals surface area contributed by atoms with Crippen molar-refractivity contribution in [2.45, 2.75) is 19.1 Å². The van der Waals surface area contributed by atoms with E-state index >= 15 is 0 Å². The first kappa shape index (κ1) is 16.9. The molecule has 1 amide bonds. The fraction of sp³-hybridized carbons (Fsp3) is 0.357. The van der Waals surface area contributed by atoms with Crippen LogP contribution in [0.25, 0.3) is 5.82 Å². The van der Waals surface area contributed by atoms with Gasteiger partial charge >= 0.3 is 6.18 Å². The number of imidazole rings is 1. The van der Waals surface area contributed by atoms with Crippen molar-refractivity contribution >= 4 is 5.91 Å². The Kier molecular flexibility index (Phi) is 5.32. The summed E-state index contributed by atoms with van der Waals surface area (Å²) < 4.78 is 42.1. The summed E-state index contributed by atoms with van der Waals surface area (Å²) in [4.78, 5) is 20.1. The van der Waals surface area contributed by atoms with Gasteiger partial charge in [-0.3, -0.25) is 9.36 Å². The van der Waals surface area contributed by atoms with E-state index in [0.717, 1.165) is 0 Å². The van der Waals surface area contributed by atoms with Crippen LogP contribution in [0.4, 0.5) is 13.2 Å². The maximum Gasteiger partial charge on any atom is 0.411 e. The second-order valence-corrected chi connectivity index (χ2v) is 4.88. The van der Waals surface area contributed by atoms with Gasteiger partial charge in [-0.25, -0.2) is 9.97 Å². The molecule has 0 aliphatic heterocycles. The average Bonchev–Trinajstić information content (AvgIpc) is 3.00. The van der Waals surface area contributed by atoms with Crippen LogP contribution >= 0.6 is 0 Å². The van der Waals surface area contributed by atoms with E-state index in [9.17, 15) is 18.0 Å². The van der Waals surface area contributed by atoms with Crippen LogP contribution in [0.1, 0.15) is 17.3 Å². The summed E-state index contributed by atoms with van der Waals surface area (Å²) in [6.45, 7) is -0.00972. The van der Waals surface area contributed by atoms with Gasteiger partial charge in [0.1, 0.15) is 18.8 Å². The molecule has 9 heteroatoms. The van der Waals surface area contributed by atoms with Gasteiger partial charge in [-0.15, -0.1) is 0 Å². The van der Waals surface area contributed by atoms with Crippen LogP contribution in [0.3, 0.4) is 0 Å². The smallest absolute Gasteiger partial charge is 0.370 e. The van der Waals surface area contributed by atoms with Gasteiger partial charge in [0, 0.05) is 30.2 Å². The van der Waals surface area contributed by atoms with Crippen molar-refractivity contribution in [2.24, 2.45) is 0 Å². The number of rotatable bonds is 6. The first-order valence-corrected chi connectivity index (χ1v) is 6.75. The molecule has 2 rings (SSSR count). The third kappa shape index (κ3) is 5.37. The summed E-state index contributed by atoms with van der Waals surface area (Å²) in [7, 11) is 0. The Morgan fingerprint density at radius 3 is 2.87 bits per heavy atom. The molecule has 2 heterocycles. The zero-order chi connectivity index (χ0) is 16.9. The Labute approximate surface area is 130 Å². The lowest BCUT2D eigenvalue weighted by Gasteiger charge is -2.15. The molecule has 6 nitrogen and oxygen atoms in total. The van der Waals surface area contributed by atoms with E-state index in [-0.39, 0.29) is 6.61 Å². The van der Waals surface area contributed by atoms with E-state index in [1.165, 1.54) is 18.6 Å². The van der Waals surface area contributed by atoms with Crippen molar-refractivity contribution in [2.75, 3.05) is 13.2 Å². The van der Waals surface area contributed by atoms with E-state index in [1.54, 1.807) is 30.0 Å². The molecule has 124 valence electrons. The maximum absolute atomic E-state index is 12.1. The Hall–Kier alpha value is -2.42. The predicted molar refractivity (Wildman–Crippen MR) is 75.2 cm³/mol. The second kappa shape index (κ2) is 7.23. The van der Waals surface area contributed by atoms with Crippen molar-refractivity contribution < 1.29 is 22.7 Å². The number of ether oxygens (including phenoxy) is 1. The van der Waals surface area contributed by atoms with Crippen LogP contribution < -0.4 is 5.32 Å². The first-order valence-electron chi connectivity index (χ1n) is 6.75. The molecular formula is C14H15F3N4O2. The van der Waals surface area contributed by atoms with Crippen molar-refractivity contribution in [3.63, 3.8) is 0 Å². The standard InChI is InChI=1S/C14H15F3N4O2/c1-10(7-23-8-14(15,16)17)20-13(22)11-2-3-19-12(6-11)21-5-4-18-9-21/h2-6,9-10H,7-8H2,1H3,(H,20,22)/t10-/m1/s1. The highest BCUT2D eigenvalue weighted by molar-refractivity contribution is 5.94. The average molecular weight is 328 g/mol. The molecule has 1 atom stereocenters. The lowest BCUT2D eigenvalue weighted by atomic mass is 10.2. The van der Waals surface area contributed by atoms with Gasteiger partial charge in [-0.05, 0) is 19.1 Å². The topological polar surface area (TPSA) is 69.0 Å². The molecule has 0 radical (unpaired) electrons. The van der Waals surface area contributed by atoms with Crippen molar-refractivity contribution in [3.05, 3.63) is 42.6 Å². The normalized spacial score (nSPS) is 12.9. The monoisotopic (exact) mass is 328 g/mol. The molecule has 1 N–H and O–H groups in total. The van der Waals surface area contributed by atoms with Crippen molar-refractivity contribution in [3.8, 4) is 5.82 Å². The summed E-state index contributed by atoms with van der Waals surface area (Å²) in [5.41, 5.74) is 0.339. The SMILES string of the molecule is C[C@H](COCC(F)(F)F)NC(=O)c1ccnc(-n2ccnc2)c1. The molecule has 0 bridgehead atoms. The summed E-state index contributed by atoms with van der Waals surface area (Å²) in [6, 6.07) is 2.51. The zero-order valence-electron chi connectivity index (χ0n) is 12.2. The van der Waals surface area contributed by atoms with Gasteiger partial charge in [-0.2, -0.15) is 13.2 Å². The van der Waals surface area contributed by atoms with Gasteiger partial charge in [0.05, 0.1) is 6.61 Å². The fourth-order valence-electron chi connectivity index (χ4n) is 1.80. The molecule has 0 aliphatic carbocycles. The van der Waals surface area contributed by atoms with Gasteiger partial charge in [0.15, 0.2) is 0 Å². The van der Waals surface area contributed by atoms with Gasteiger partial charge in [0.2, 0.25) is 0 Å². The highest BCUT2D eigenvalue weighted by Gasteiger charge is 2.27. The van der Waals surface area contributed by atoms with E-state index in [4.69, 9.17) is 0 Å². The summed E-state index contributed by atoms with van der Waals surface area (Å²) >= 11 is 0. The van der Waals surface area contributed by atoms with E-state index in [0.29, 0.717) is 11.4 Å². The number of halogens is 3. The van der Waals surface area contributed by atoms with Crippen molar-refractivity contribution in [1.82, 2.24) is 19.9 Å². The summed E-state index contributed by atoms with van der Waals surface area (Å²) in [6.07, 6.45) is 1.88. The number of nitrogens with zero attached hydrogens (tertiary/aromatic N) is 3. The predicted octanol–water partition coefficient (Wildman–Crippen LogP) is 1.96. The lowest BCUT2D eigenvalue weighted by molar-refractivity contribution is -0.174. The van der Waals surface area contributed by atoms with Crippen LogP contribution in [0.2, 0.25) is 0 Å². The largest absolute Gasteiger partial charge is 0.411 e. The number of nitrogens with one attached hydrogen (secondary N) is 1. The molecule has 2 aromatic rings. The Morgan fingerprint density at radius 1 is 1.43 bits per heavy atom. The van der Waals surface area contributed by atoms with E-state index in [1.807, 2.05) is 0 Å². The number of carbonyl (C=O) groups is 1. The number of aromatic nitrogens is 3. The Balaban J connectivity index is 1.92. The molecule has 0 spiro atoms. The number of amides is 1. The fourth-order valence-corrected chi connectivity index (χ4v) is 1.80. The molecule has 2 aromatic heterocycles. The van der Waals surface area contributed by atoms with Crippen LogP contribution in [0.5, 0.6) is 0 Å². The minimum Gasteiger partial charge on any atom is -0.370 e. The highest BCUT2D eigenvalue weighted by Crippen LogP contribution is 2.14. The van der Waals surface area contributed by atoms with Crippen LogP contribution in [-0.4, -0.2) is 45.9 Å². The molecular weight excluding hydrogens is 313 g/mol. The highest BCUT2D eigenvalue weighted by atomic mass is 19.4. The Bertz CT molecular complexity index is 644. The van der Waals surface area contributed by atoms with Gasteiger partial charge in [0.25, 0.3) is 5.91 Å². The van der Waals surface area contributed by atoms with Gasteiger partial charge in [-0.1, -0.05) is 0 Å². The summed E-state index contributed by atoms with van der Waals surface area (Å²) in [5.74, 6) is 0.0907. The first-order chi connectivity index (χ1) is 10.8. The van der Waals surface area contributed by atoms with Crippen LogP contribution in [0.15, 0.2) is 37.1 Å². The molecule has 0 aliphatic rings. The van der Waals surface area contributed by atoms with Crippen LogP contribution in [0, 0.1) is 0 Å². The quantitative estimate of drug-likeness (QED) is 0.880. The number of carbonyl (C=O) groups excluding carboxylic acids is 1. The van der Waals surface area contributed by atoms with Crippen molar-refractivity contribution in [1.29, 1.82) is 0 Å². The van der Waals surface area contributed by atoms with E-state index < -0.39 is 24.7 Å².